The van der Waals surface area contributed by atoms with E-state index in [0.717, 1.165) is 5.69 Å². The van der Waals surface area contributed by atoms with Gasteiger partial charge in [0.25, 0.3) is 0 Å². The van der Waals surface area contributed by atoms with Gasteiger partial charge in [-0.3, -0.25) is 4.79 Å². The first-order chi connectivity index (χ1) is 12.5. The SMILES string of the molecule is CN(C)c1ccc(C(=O)c2c(Br)c(Br)c(Br)c(Br)c2C(=O)O)c(N(C)C)c1. The fourth-order valence-corrected chi connectivity index (χ4v) is 5.01. The second kappa shape index (κ2) is 8.63. The normalized spacial score (nSPS) is 10.7. The van der Waals surface area contributed by atoms with Gasteiger partial charge in [-0.2, -0.15) is 0 Å². The molecule has 27 heavy (non-hydrogen) atoms. The molecule has 144 valence electrons. The standard InChI is InChI=1S/C18H16Br4N2O3/c1-23(2)8-5-6-9(10(7-8)24(3)4)17(25)11-12(18(26)27)14(20)16(22)15(21)13(11)19/h5-7H,1-4H3,(H,26,27). The summed E-state index contributed by atoms with van der Waals surface area (Å²) < 4.78 is 1.74. The summed E-state index contributed by atoms with van der Waals surface area (Å²) in [7, 11) is 7.51. The lowest BCUT2D eigenvalue weighted by molar-refractivity contribution is 0.0691. The maximum Gasteiger partial charge on any atom is 0.337 e. The minimum Gasteiger partial charge on any atom is -0.478 e. The Bertz CT molecular complexity index is 943. The number of benzene rings is 2. The minimum absolute atomic E-state index is 0.0742. The van der Waals surface area contributed by atoms with Crippen molar-refractivity contribution >= 4 is 86.8 Å². The van der Waals surface area contributed by atoms with Crippen LogP contribution in [0.15, 0.2) is 36.1 Å². The molecule has 0 aliphatic heterocycles. The summed E-state index contributed by atoms with van der Waals surface area (Å²) in [6, 6.07) is 5.44. The van der Waals surface area contributed by atoms with E-state index in [0.29, 0.717) is 29.1 Å². The fraction of sp³-hybridized carbons (Fsp3) is 0.222. The van der Waals surface area contributed by atoms with Gasteiger partial charge in [-0.15, -0.1) is 0 Å². The average Bonchev–Trinajstić information content (AvgIpc) is 2.61. The molecule has 0 amide bonds. The first kappa shape index (κ1) is 22.4. The van der Waals surface area contributed by atoms with Crippen molar-refractivity contribution in [3.63, 3.8) is 0 Å². The van der Waals surface area contributed by atoms with Crippen LogP contribution in [-0.2, 0) is 0 Å². The molecule has 2 aromatic carbocycles. The number of anilines is 2. The van der Waals surface area contributed by atoms with Crippen molar-refractivity contribution in [3.05, 3.63) is 52.8 Å². The van der Waals surface area contributed by atoms with E-state index < -0.39 is 5.97 Å². The third-order valence-corrected chi connectivity index (χ3v) is 8.70. The lowest BCUT2D eigenvalue weighted by atomic mass is 9.96. The maximum absolute atomic E-state index is 13.4. The number of ketones is 1. The van der Waals surface area contributed by atoms with Crippen molar-refractivity contribution in [3.8, 4) is 0 Å². The number of carbonyl (C=O) groups excluding carboxylic acids is 1. The highest BCUT2D eigenvalue weighted by atomic mass is 79.9. The molecule has 9 heteroatoms. The van der Waals surface area contributed by atoms with Crippen LogP contribution in [0.2, 0.25) is 0 Å². The molecular formula is C18H16Br4N2O3. The number of aromatic carboxylic acids is 1. The number of halogens is 4. The molecule has 0 atom stereocenters. The van der Waals surface area contributed by atoms with Crippen LogP contribution in [0.25, 0.3) is 0 Å². The Morgan fingerprint density at radius 1 is 0.815 bits per heavy atom. The topological polar surface area (TPSA) is 60.9 Å². The van der Waals surface area contributed by atoms with Crippen molar-refractivity contribution in [2.45, 2.75) is 0 Å². The predicted molar refractivity (Wildman–Crippen MR) is 123 cm³/mol. The van der Waals surface area contributed by atoms with E-state index in [-0.39, 0.29) is 16.9 Å². The molecule has 0 aliphatic rings. The summed E-state index contributed by atoms with van der Waals surface area (Å²) in [6.07, 6.45) is 0. The van der Waals surface area contributed by atoms with Crippen LogP contribution in [-0.4, -0.2) is 45.0 Å². The van der Waals surface area contributed by atoms with Gasteiger partial charge in [0.15, 0.2) is 5.78 Å². The van der Waals surface area contributed by atoms with Gasteiger partial charge < -0.3 is 14.9 Å². The maximum atomic E-state index is 13.4. The third-order valence-electron chi connectivity index (χ3n) is 3.93. The second-order valence-corrected chi connectivity index (χ2v) is 9.30. The van der Waals surface area contributed by atoms with Crippen LogP contribution in [0.1, 0.15) is 26.3 Å². The molecule has 1 N–H and O–H groups in total. The highest BCUT2D eigenvalue weighted by Crippen LogP contribution is 2.43. The average molecular weight is 628 g/mol. The molecule has 0 heterocycles. The Balaban J connectivity index is 2.82. The van der Waals surface area contributed by atoms with E-state index in [4.69, 9.17) is 0 Å². The van der Waals surface area contributed by atoms with Gasteiger partial charge in [0.1, 0.15) is 0 Å². The van der Waals surface area contributed by atoms with Crippen LogP contribution in [0.4, 0.5) is 11.4 Å². The highest BCUT2D eigenvalue weighted by Gasteiger charge is 2.29. The Morgan fingerprint density at radius 3 is 1.78 bits per heavy atom. The molecule has 0 saturated heterocycles. The number of hydrogen-bond donors (Lipinski definition) is 1. The Labute approximate surface area is 191 Å². The number of carboxylic acids is 1. The molecular weight excluding hydrogens is 612 g/mol. The lowest BCUT2D eigenvalue weighted by Gasteiger charge is -2.22. The van der Waals surface area contributed by atoms with Crippen LogP contribution >= 0.6 is 63.7 Å². The van der Waals surface area contributed by atoms with Crippen molar-refractivity contribution in [2.24, 2.45) is 0 Å². The molecule has 5 nitrogen and oxygen atoms in total. The van der Waals surface area contributed by atoms with Gasteiger partial charge >= 0.3 is 5.97 Å². The van der Waals surface area contributed by atoms with Crippen LogP contribution < -0.4 is 9.80 Å². The summed E-state index contributed by atoms with van der Waals surface area (Å²) in [5.74, 6) is -1.59. The van der Waals surface area contributed by atoms with Gasteiger partial charge in [0, 0.05) is 63.0 Å². The number of carbonyl (C=O) groups is 2. The number of carboxylic acid groups (broad SMARTS) is 1. The van der Waals surface area contributed by atoms with Gasteiger partial charge in [0.05, 0.1) is 11.1 Å². The molecule has 0 aliphatic carbocycles. The smallest absolute Gasteiger partial charge is 0.337 e. The molecule has 0 fully saturated rings. The van der Waals surface area contributed by atoms with Crippen LogP contribution in [0, 0.1) is 0 Å². The van der Waals surface area contributed by atoms with Crippen LogP contribution in [0.5, 0.6) is 0 Å². The summed E-state index contributed by atoms with van der Waals surface area (Å²) in [5.41, 5.74) is 2.01. The highest BCUT2D eigenvalue weighted by molar-refractivity contribution is 9.15. The zero-order valence-electron chi connectivity index (χ0n) is 14.9. The van der Waals surface area contributed by atoms with Gasteiger partial charge in [-0.05, 0) is 81.9 Å². The molecule has 0 aromatic heterocycles. The van der Waals surface area contributed by atoms with Crippen LogP contribution in [0.3, 0.4) is 0 Å². The van der Waals surface area contributed by atoms with E-state index in [9.17, 15) is 14.7 Å². The van der Waals surface area contributed by atoms with Crippen molar-refractivity contribution in [1.82, 2.24) is 0 Å². The Morgan fingerprint density at radius 2 is 1.33 bits per heavy atom. The monoisotopic (exact) mass is 624 g/mol. The van der Waals surface area contributed by atoms with Crippen molar-refractivity contribution < 1.29 is 14.7 Å². The molecule has 0 radical (unpaired) electrons. The molecule has 0 spiro atoms. The van der Waals surface area contributed by atoms with E-state index in [1.165, 1.54) is 0 Å². The number of rotatable bonds is 5. The molecule has 0 saturated carbocycles. The first-order valence-electron chi connectivity index (χ1n) is 7.61. The second-order valence-electron chi connectivity index (χ2n) is 6.13. The van der Waals surface area contributed by atoms with Gasteiger partial charge in [-0.1, -0.05) is 0 Å². The van der Waals surface area contributed by atoms with Gasteiger partial charge in [-0.25, -0.2) is 4.79 Å². The largest absolute Gasteiger partial charge is 0.478 e. The summed E-state index contributed by atoms with van der Waals surface area (Å²) in [5, 5.41) is 9.72. The van der Waals surface area contributed by atoms with Crippen molar-refractivity contribution in [1.29, 1.82) is 0 Å². The zero-order chi connectivity index (χ0) is 20.6. The first-order valence-corrected chi connectivity index (χ1v) is 10.8. The van der Waals surface area contributed by atoms with E-state index in [1.54, 1.807) is 6.07 Å². The quantitative estimate of drug-likeness (QED) is 0.258. The van der Waals surface area contributed by atoms with E-state index in [1.807, 2.05) is 50.1 Å². The molecule has 2 aromatic rings. The molecule has 0 bridgehead atoms. The minimum atomic E-state index is -1.20. The van der Waals surface area contributed by atoms with Gasteiger partial charge in [0.2, 0.25) is 0 Å². The molecule has 2 rings (SSSR count). The fourth-order valence-electron chi connectivity index (χ4n) is 2.54. The summed E-state index contributed by atoms with van der Waals surface area (Å²) in [4.78, 5) is 29.1. The van der Waals surface area contributed by atoms with E-state index in [2.05, 4.69) is 63.7 Å². The summed E-state index contributed by atoms with van der Waals surface area (Å²) >= 11 is 13.4. The summed E-state index contributed by atoms with van der Waals surface area (Å²) in [6.45, 7) is 0. The zero-order valence-corrected chi connectivity index (χ0v) is 21.2. The lowest BCUT2D eigenvalue weighted by Crippen LogP contribution is -2.19. The third kappa shape index (κ3) is 4.26. The predicted octanol–water partition coefficient (Wildman–Crippen LogP) is 5.80. The number of nitrogens with zero attached hydrogens (tertiary/aromatic N) is 2. The van der Waals surface area contributed by atoms with E-state index >= 15 is 0 Å². The Kier molecular flexibility index (Phi) is 7.16. The Hall–Kier alpha value is -0.900. The number of hydrogen-bond acceptors (Lipinski definition) is 4. The van der Waals surface area contributed by atoms with Crippen molar-refractivity contribution in [2.75, 3.05) is 38.0 Å². The molecule has 0 unspecified atom stereocenters.